The summed E-state index contributed by atoms with van der Waals surface area (Å²) >= 11 is 0. The Morgan fingerprint density at radius 1 is 0.744 bits per heavy atom. The van der Waals surface area contributed by atoms with Crippen molar-refractivity contribution < 1.29 is 9.15 Å². The average molecular weight is 565 g/mol. The van der Waals surface area contributed by atoms with E-state index in [2.05, 4.69) is 65.0 Å². The monoisotopic (exact) mass is 564 g/mol. The van der Waals surface area contributed by atoms with Crippen LogP contribution in [0.1, 0.15) is 46.6 Å². The van der Waals surface area contributed by atoms with Crippen LogP contribution in [-0.2, 0) is 5.41 Å². The zero-order valence-corrected chi connectivity index (χ0v) is 25.0. The minimum Gasteiger partial charge on any atom is -0.457 e. The molecule has 0 bridgehead atoms. The fourth-order valence-electron chi connectivity index (χ4n) is 7.24. The van der Waals surface area contributed by atoms with Crippen molar-refractivity contribution in [3.8, 4) is 11.5 Å². The van der Waals surface area contributed by atoms with Crippen molar-refractivity contribution >= 4 is 60.2 Å². The molecule has 0 aliphatic rings. The van der Waals surface area contributed by atoms with Crippen molar-refractivity contribution in [2.45, 2.75) is 46.5 Å². The van der Waals surface area contributed by atoms with Crippen LogP contribution >= 0.6 is 0 Å². The molecule has 5 aromatic carbocycles. The predicted octanol–water partition coefficient (Wildman–Crippen LogP) is 10.00. The third-order valence-corrected chi connectivity index (χ3v) is 8.66. The molecule has 212 valence electrons. The number of rotatable bonds is 4. The van der Waals surface area contributed by atoms with Gasteiger partial charge in [-0.1, -0.05) is 77.1 Å². The van der Waals surface area contributed by atoms with Crippen LogP contribution in [0.5, 0.6) is 11.5 Å². The second kappa shape index (κ2) is 8.81. The van der Waals surface area contributed by atoms with Crippen molar-refractivity contribution in [1.29, 1.82) is 0 Å². The Labute approximate surface area is 248 Å². The Hall–Kier alpha value is -4.90. The molecule has 5 nitrogen and oxygen atoms in total. The van der Waals surface area contributed by atoms with Crippen molar-refractivity contribution in [2.24, 2.45) is 5.41 Å². The lowest BCUT2D eigenvalue weighted by Gasteiger charge is -2.33. The Kier molecular flexibility index (Phi) is 5.28. The molecule has 0 aliphatic carbocycles. The molecule has 0 radical (unpaired) electrons. The van der Waals surface area contributed by atoms with E-state index in [0.717, 1.165) is 55.7 Å². The SMILES string of the molecule is CC(C)(C)CC(C)(C)c1ccc(Oc2cc3c4c(ccc5oc6ccccc6c2c54)c(=O)n2c4ccccc4nc32)cc1. The van der Waals surface area contributed by atoms with Crippen molar-refractivity contribution in [2.75, 3.05) is 0 Å². The van der Waals surface area contributed by atoms with Crippen LogP contribution in [0, 0.1) is 5.41 Å². The summed E-state index contributed by atoms with van der Waals surface area (Å²) in [5.74, 6) is 1.45. The fraction of sp³-hybridized carbons (Fsp3) is 0.211. The Balaban J connectivity index is 1.42. The molecule has 0 amide bonds. The van der Waals surface area contributed by atoms with Gasteiger partial charge in [-0.05, 0) is 71.3 Å². The van der Waals surface area contributed by atoms with E-state index in [0.29, 0.717) is 22.4 Å². The first kappa shape index (κ1) is 25.8. The zero-order chi connectivity index (χ0) is 29.7. The lowest BCUT2D eigenvalue weighted by atomic mass is 9.72. The highest BCUT2D eigenvalue weighted by atomic mass is 16.5. The number of benzene rings is 5. The van der Waals surface area contributed by atoms with E-state index in [9.17, 15) is 4.79 Å². The largest absolute Gasteiger partial charge is 0.457 e. The number of para-hydroxylation sites is 3. The van der Waals surface area contributed by atoms with Gasteiger partial charge in [0.05, 0.1) is 11.0 Å². The van der Waals surface area contributed by atoms with Gasteiger partial charge >= 0.3 is 0 Å². The molecule has 0 saturated carbocycles. The van der Waals surface area contributed by atoms with Crippen LogP contribution in [0.4, 0.5) is 0 Å². The summed E-state index contributed by atoms with van der Waals surface area (Å²) in [6.45, 7) is 11.5. The minimum atomic E-state index is -0.0883. The molecule has 5 heteroatoms. The maximum Gasteiger partial charge on any atom is 0.264 e. The van der Waals surface area contributed by atoms with Crippen LogP contribution in [-0.4, -0.2) is 9.38 Å². The van der Waals surface area contributed by atoms with Gasteiger partial charge in [0, 0.05) is 32.3 Å². The molecular formula is C38H32N2O3. The van der Waals surface area contributed by atoms with Crippen LogP contribution in [0.3, 0.4) is 0 Å². The Morgan fingerprint density at radius 2 is 1.49 bits per heavy atom. The quantitative estimate of drug-likeness (QED) is 0.158. The number of aromatic nitrogens is 2. The minimum absolute atomic E-state index is 0.0308. The van der Waals surface area contributed by atoms with E-state index in [4.69, 9.17) is 14.1 Å². The molecular weight excluding hydrogens is 532 g/mol. The number of nitrogens with zero attached hydrogens (tertiary/aromatic N) is 2. The lowest BCUT2D eigenvalue weighted by molar-refractivity contribution is 0.284. The van der Waals surface area contributed by atoms with E-state index in [1.165, 1.54) is 5.56 Å². The molecule has 0 aliphatic heterocycles. The molecule has 0 N–H and O–H groups in total. The van der Waals surface area contributed by atoms with Gasteiger partial charge in [0.1, 0.15) is 28.3 Å². The fourth-order valence-corrected chi connectivity index (χ4v) is 7.24. The molecule has 0 spiro atoms. The second-order valence-electron chi connectivity index (χ2n) is 13.6. The van der Waals surface area contributed by atoms with Crippen molar-refractivity contribution in [1.82, 2.24) is 9.38 Å². The first-order valence-corrected chi connectivity index (χ1v) is 14.8. The number of hydrogen-bond acceptors (Lipinski definition) is 4. The van der Waals surface area contributed by atoms with Crippen molar-refractivity contribution in [3.63, 3.8) is 0 Å². The molecule has 0 unspecified atom stereocenters. The second-order valence-corrected chi connectivity index (χ2v) is 13.6. The number of ether oxygens (including phenoxy) is 1. The summed E-state index contributed by atoms with van der Waals surface area (Å²) in [7, 11) is 0. The van der Waals surface area contributed by atoms with Crippen LogP contribution in [0.2, 0.25) is 0 Å². The van der Waals surface area contributed by atoms with Gasteiger partial charge < -0.3 is 9.15 Å². The standard InChI is InChI=1S/C38H32N2O3/c1-37(2,3)21-38(4,5)22-14-16-23(17-15-22)42-31-20-26-32-25(36(41)40-28-12-8-7-11-27(28)39-35(26)40)18-19-30-34(32)33(31)24-10-6-9-13-29(24)43-30/h6-20H,21H2,1-5H3. The van der Waals surface area contributed by atoms with Gasteiger partial charge in [-0.25, -0.2) is 4.98 Å². The highest BCUT2D eigenvalue weighted by Gasteiger charge is 2.28. The van der Waals surface area contributed by atoms with Crippen LogP contribution < -0.4 is 10.3 Å². The maximum absolute atomic E-state index is 14.0. The highest BCUT2D eigenvalue weighted by Crippen LogP contribution is 2.45. The van der Waals surface area contributed by atoms with Crippen LogP contribution in [0.15, 0.2) is 100 Å². The van der Waals surface area contributed by atoms with Gasteiger partial charge in [0.2, 0.25) is 0 Å². The predicted molar refractivity (Wildman–Crippen MR) is 176 cm³/mol. The normalized spacial score (nSPS) is 13.0. The molecule has 3 heterocycles. The summed E-state index contributed by atoms with van der Waals surface area (Å²) in [6, 6.07) is 30.1. The number of hydrogen-bond donors (Lipinski definition) is 0. The third-order valence-electron chi connectivity index (χ3n) is 8.66. The van der Waals surface area contributed by atoms with E-state index in [1.54, 1.807) is 4.40 Å². The summed E-state index contributed by atoms with van der Waals surface area (Å²) in [5.41, 5.74) is 5.09. The van der Waals surface area contributed by atoms with Gasteiger partial charge in [0.25, 0.3) is 5.56 Å². The summed E-state index contributed by atoms with van der Waals surface area (Å²) in [6.07, 6.45) is 1.07. The number of imidazole rings is 1. The zero-order valence-electron chi connectivity index (χ0n) is 25.0. The van der Waals surface area contributed by atoms with Gasteiger partial charge in [-0.2, -0.15) is 0 Å². The Morgan fingerprint density at radius 3 is 2.28 bits per heavy atom. The third kappa shape index (κ3) is 3.91. The lowest BCUT2D eigenvalue weighted by Crippen LogP contribution is -2.24. The molecule has 8 rings (SSSR count). The van der Waals surface area contributed by atoms with Gasteiger partial charge in [-0.15, -0.1) is 0 Å². The average Bonchev–Trinajstić information content (AvgIpc) is 3.36. The Bertz CT molecular complexity index is 2420. The molecule has 0 saturated heterocycles. The first-order chi connectivity index (χ1) is 20.6. The van der Waals surface area contributed by atoms with E-state index >= 15 is 0 Å². The first-order valence-electron chi connectivity index (χ1n) is 14.8. The summed E-state index contributed by atoms with van der Waals surface area (Å²) in [5, 5.41) is 5.06. The van der Waals surface area contributed by atoms with Gasteiger partial charge in [0.15, 0.2) is 0 Å². The highest BCUT2D eigenvalue weighted by molar-refractivity contribution is 6.30. The number of fused-ring (bicyclic) bond motifs is 6. The molecule has 0 fully saturated rings. The molecule has 3 aromatic heterocycles. The molecule has 0 atom stereocenters. The summed E-state index contributed by atoms with van der Waals surface area (Å²) < 4.78 is 14.9. The van der Waals surface area contributed by atoms with E-state index < -0.39 is 0 Å². The summed E-state index contributed by atoms with van der Waals surface area (Å²) in [4.78, 5) is 18.9. The molecule has 8 aromatic rings. The smallest absolute Gasteiger partial charge is 0.264 e. The van der Waals surface area contributed by atoms with Gasteiger partial charge in [-0.3, -0.25) is 9.20 Å². The number of pyridine rings is 1. The van der Waals surface area contributed by atoms with Crippen molar-refractivity contribution in [3.05, 3.63) is 107 Å². The molecule has 43 heavy (non-hydrogen) atoms. The van der Waals surface area contributed by atoms with Crippen LogP contribution in [0.25, 0.3) is 60.2 Å². The maximum atomic E-state index is 14.0. The van der Waals surface area contributed by atoms with E-state index in [1.807, 2.05) is 60.7 Å². The van der Waals surface area contributed by atoms with E-state index in [-0.39, 0.29) is 16.4 Å². The topological polar surface area (TPSA) is 56.7 Å².